The highest BCUT2D eigenvalue weighted by atomic mass is 32.1. The monoisotopic (exact) mass is 288 g/mol. The number of rotatable bonds is 5. The Morgan fingerprint density at radius 2 is 2.15 bits per heavy atom. The fourth-order valence-corrected chi connectivity index (χ4v) is 2.48. The minimum atomic E-state index is -0.130. The van der Waals surface area contributed by atoms with Crippen LogP contribution in [0.3, 0.4) is 0 Å². The first-order valence-electron chi connectivity index (χ1n) is 6.20. The Hall–Kier alpha value is -1.80. The number of hydrogen-bond acceptors (Lipinski definition) is 4. The number of aliphatic hydroxyl groups is 1. The third kappa shape index (κ3) is 4.10. The maximum atomic E-state index is 8.73. The van der Waals surface area contributed by atoms with Crippen molar-refractivity contribution in [3.05, 3.63) is 51.7 Å². The molecule has 0 atom stereocenters. The van der Waals surface area contributed by atoms with Crippen molar-refractivity contribution >= 4 is 11.3 Å². The van der Waals surface area contributed by atoms with Crippen LogP contribution in [0.2, 0.25) is 0 Å². The number of benzene rings is 1. The summed E-state index contributed by atoms with van der Waals surface area (Å²) in [6.45, 7) is 0.919. The van der Waals surface area contributed by atoms with E-state index in [1.54, 1.807) is 18.4 Å². The summed E-state index contributed by atoms with van der Waals surface area (Å²) in [5.74, 6) is 6.39. The van der Waals surface area contributed by atoms with E-state index in [1.807, 2.05) is 35.7 Å². The molecule has 0 aliphatic heterocycles. The van der Waals surface area contributed by atoms with E-state index in [-0.39, 0.29) is 6.61 Å². The zero-order valence-corrected chi connectivity index (χ0v) is 12.1. The van der Waals surface area contributed by atoms with Crippen LogP contribution in [0.25, 0.3) is 0 Å². The molecule has 104 valence electrons. The number of aliphatic hydroxyl groups excluding tert-OH is 1. The van der Waals surface area contributed by atoms with Gasteiger partial charge in [0.2, 0.25) is 0 Å². The smallest absolute Gasteiger partial charge is 0.124 e. The molecule has 0 spiro atoms. The van der Waals surface area contributed by atoms with E-state index in [4.69, 9.17) is 14.6 Å². The van der Waals surface area contributed by atoms with Gasteiger partial charge in [0.25, 0.3) is 0 Å². The largest absolute Gasteiger partial charge is 0.488 e. The van der Waals surface area contributed by atoms with E-state index in [2.05, 4.69) is 11.8 Å². The van der Waals surface area contributed by atoms with Crippen molar-refractivity contribution < 1.29 is 14.6 Å². The predicted molar refractivity (Wildman–Crippen MR) is 79.8 cm³/mol. The van der Waals surface area contributed by atoms with Crippen LogP contribution in [0.4, 0.5) is 0 Å². The van der Waals surface area contributed by atoms with Crippen molar-refractivity contribution in [2.24, 2.45) is 0 Å². The molecule has 1 N–H and O–H groups in total. The number of methoxy groups -OCH3 is 1. The molecular weight excluding hydrogens is 272 g/mol. The molecule has 4 heteroatoms. The molecule has 0 saturated heterocycles. The Bertz CT molecular complexity index is 607. The quantitative estimate of drug-likeness (QED) is 0.860. The van der Waals surface area contributed by atoms with E-state index < -0.39 is 0 Å². The van der Waals surface area contributed by atoms with E-state index in [0.717, 1.165) is 21.8 Å². The first-order chi connectivity index (χ1) is 9.83. The molecule has 0 aliphatic rings. The molecule has 0 unspecified atom stereocenters. The molecule has 20 heavy (non-hydrogen) atoms. The summed E-state index contributed by atoms with van der Waals surface area (Å²) in [6, 6.07) is 9.78. The van der Waals surface area contributed by atoms with Gasteiger partial charge >= 0.3 is 0 Å². The summed E-state index contributed by atoms with van der Waals surface area (Å²) in [6.07, 6.45) is 0. The molecule has 0 amide bonds. The van der Waals surface area contributed by atoms with Gasteiger partial charge in [-0.3, -0.25) is 0 Å². The zero-order chi connectivity index (χ0) is 14.2. The molecule has 0 radical (unpaired) electrons. The normalized spacial score (nSPS) is 9.90. The van der Waals surface area contributed by atoms with E-state index >= 15 is 0 Å². The highest BCUT2D eigenvalue weighted by Crippen LogP contribution is 2.20. The van der Waals surface area contributed by atoms with Gasteiger partial charge in [-0.05, 0) is 29.1 Å². The van der Waals surface area contributed by atoms with Crippen molar-refractivity contribution in [1.82, 2.24) is 0 Å². The number of ether oxygens (including phenoxy) is 2. The topological polar surface area (TPSA) is 38.7 Å². The SMILES string of the molecule is COCc1cccc(OCc2sccc2C#CCO)c1. The van der Waals surface area contributed by atoms with Crippen molar-refractivity contribution in [2.75, 3.05) is 13.7 Å². The molecule has 0 aliphatic carbocycles. The minimum absolute atomic E-state index is 0.130. The predicted octanol–water partition coefficient (Wildman–Crippen LogP) is 2.82. The van der Waals surface area contributed by atoms with E-state index in [0.29, 0.717) is 13.2 Å². The lowest BCUT2D eigenvalue weighted by atomic mass is 10.2. The van der Waals surface area contributed by atoms with Gasteiger partial charge in [-0.1, -0.05) is 24.0 Å². The second-order valence-corrected chi connectivity index (χ2v) is 5.09. The van der Waals surface area contributed by atoms with Gasteiger partial charge in [-0.25, -0.2) is 0 Å². The highest BCUT2D eigenvalue weighted by molar-refractivity contribution is 7.10. The van der Waals surface area contributed by atoms with Crippen LogP contribution < -0.4 is 4.74 Å². The number of hydrogen-bond donors (Lipinski definition) is 1. The fourth-order valence-electron chi connectivity index (χ4n) is 1.74. The summed E-state index contributed by atoms with van der Waals surface area (Å²) < 4.78 is 10.9. The van der Waals surface area contributed by atoms with Gasteiger partial charge < -0.3 is 14.6 Å². The molecule has 0 bridgehead atoms. The number of thiophene rings is 1. The van der Waals surface area contributed by atoms with Gasteiger partial charge in [0.05, 0.1) is 11.5 Å². The Balaban J connectivity index is 2.01. The van der Waals surface area contributed by atoms with Crippen LogP contribution in [-0.4, -0.2) is 18.8 Å². The van der Waals surface area contributed by atoms with Crippen LogP contribution in [-0.2, 0) is 18.0 Å². The van der Waals surface area contributed by atoms with Crippen molar-refractivity contribution in [2.45, 2.75) is 13.2 Å². The van der Waals surface area contributed by atoms with Gasteiger partial charge in [-0.2, -0.15) is 0 Å². The second-order valence-electron chi connectivity index (χ2n) is 4.09. The summed E-state index contributed by atoms with van der Waals surface area (Å²) in [7, 11) is 1.67. The molecule has 2 aromatic rings. The van der Waals surface area contributed by atoms with Gasteiger partial charge in [0.15, 0.2) is 0 Å². The van der Waals surface area contributed by atoms with Crippen molar-refractivity contribution in [3.63, 3.8) is 0 Å². The Morgan fingerprint density at radius 3 is 2.95 bits per heavy atom. The molecular formula is C16H16O3S. The van der Waals surface area contributed by atoms with Crippen molar-refractivity contribution in [3.8, 4) is 17.6 Å². The molecule has 1 aromatic carbocycles. The third-order valence-corrected chi connectivity index (χ3v) is 3.52. The maximum Gasteiger partial charge on any atom is 0.124 e. The molecule has 0 saturated carbocycles. The zero-order valence-electron chi connectivity index (χ0n) is 11.3. The molecule has 0 fully saturated rings. The Morgan fingerprint density at radius 1 is 1.25 bits per heavy atom. The van der Waals surface area contributed by atoms with Crippen LogP contribution in [0.15, 0.2) is 35.7 Å². The first-order valence-corrected chi connectivity index (χ1v) is 7.08. The lowest BCUT2D eigenvalue weighted by molar-refractivity contribution is 0.184. The van der Waals surface area contributed by atoms with Gasteiger partial charge in [-0.15, -0.1) is 11.3 Å². The van der Waals surface area contributed by atoms with Crippen LogP contribution in [0, 0.1) is 11.8 Å². The summed E-state index contributed by atoms with van der Waals surface area (Å²) >= 11 is 1.60. The fraction of sp³-hybridized carbons (Fsp3) is 0.250. The molecule has 1 heterocycles. The Labute approximate surface area is 122 Å². The average Bonchev–Trinajstić information content (AvgIpc) is 2.91. The summed E-state index contributed by atoms with van der Waals surface area (Å²) in [5, 5.41) is 10.7. The van der Waals surface area contributed by atoms with E-state index in [9.17, 15) is 0 Å². The first kappa shape index (κ1) is 14.6. The van der Waals surface area contributed by atoms with Crippen molar-refractivity contribution in [1.29, 1.82) is 0 Å². The molecule has 1 aromatic heterocycles. The summed E-state index contributed by atoms with van der Waals surface area (Å²) in [4.78, 5) is 1.06. The maximum absolute atomic E-state index is 8.73. The highest BCUT2D eigenvalue weighted by Gasteiger charge is 2.03. The van der Waals surface area contributed by atoms with Crippen LogP contribution in [0.5, 0.6) is 5.75 Å². The lowest BCUT2D eigenvalue weighted by Crippen LogP contribution is -1.96. The van der Waals surface area contributed by atoms with Gasteiger partial charge in [0, 0.05) is 12.7 Å². The summed E-state index contributed by atoms with van der Waals surface area (Å²) in [5.41, 5.74) is 1.99. The second kappa shape index (κ2) is 7.71. The molecule has 3 nitrogen and oxygen atoms in total. The van der Waals surface area contributed by atoms with E-state index in [1.165, 1.54) is 0 Å². The average molecular weight is 288 g/mol. The standard InChI is InChI=1S/C16H16O3S/c1-18-11-13-4-2-6-15(10-13)19-12-16-14(5-3-8-17)7-9-20-16/h2,4,6-7,9-10,17H,8,11-12H2,1H3. The van der Waals surface area contributed by atoms with Gasteiger partial charge in [0.1, 0.15) is 19.0 Å². The van der Waals surface area contributed by atoms with Crippen LogP contribution >= 0.6 is 11.3 Å². The molecule has 2 rings (SSSR count). The van der Waals surface area contributed by atoms with Crippen LogP contribution in [0.1, 0.15) is 16.0 Å². The Kier molecular flexibility index (Phi) is 5.63. The lowest BCUT2D eigenvalue weighted by Gasteiger charge is -2.07. The minimum Gasteiger partial charge on any atom is -0.488 e. The third-order valence-electron chi connectivity index (χ3n) is 2.63.